The number of nitrogens with one attached hydrogen (secondary N) is 1. The van der Waals surface area contributed by atoms with Crippen LogP contribution in [-0.4, -0.2) is 10.1 Å². The molecule has 1 aromatic heterocycles. The minimum atomic E-state index is 0.301. The van der Waals surface area contributed by atoms with Gasteiger partial charge in [-0.15, -0.1) is 0 Å². The Balaban J connectivity index is 1.90. The normalized spacial score (nSPS) is 10.7. The van der Waals surface area contributed by atoms with Crippen LogP contribution in [-0.2, 0) is 6.54 Å². The van der Waals surface area contributed by atoms with E-state index in [2.05, 4.69) is 26.2 Å². The molecule has 0 saturated carbocycles. The van der Waals surface area contributed by atoms with Crippen LogP contribution in [0.15, 0.2) is 59.3 Å². The SMILES string of the molecule is Oc1cccc2c(NCc3cncc(Br)c3)cccc12. The molecule has 2 aromatic carbocycles. The number of benzene rings is 2. The van der Waals surface area contributed by atoms with E-state index in [1.807, 2.05) is 42.6 Å². The molecule has 0 unspecified atom stereocenters. The van der Waals surface area contributed by atoms with Gasteiger partial charge in [0.05, 0.1) is 0 Å². The van der Waals surface area contributed by atoms with Crippen LogP contribution in [0, 0.1) is 0 Å². The van der Waals surface area contributed by atoms with Gasteiger partial charge in [-0.25, -0.2) is 0 Å². The number of anilines is 1. The molecule has 0 amide bonds. The largest absolute Gasteiger partial charge is 0.507 e. The zero-order chi connectivity index (χ0) is 13.9. The van der Waals surface area contributed by atoms with Crippen LogP contribution < -0.4 is 5.32 Å². The van der Waals surface area contributed by atoms with Crippen LogP contribution >= 0.6 is 15.9 Å². The van der Waals surface area contributed by atoms with Crippen molar-refractivity contribution >= 4 is 32.4 Å². The van der Waals surface area contributed by atoms with Gasteiger partial charge in [-0.2, -0.15) is 0 Å². The summed E-state index contributed by atoms with van der Waals surface area (Å²) < 4.78 is 0.965. The molecule has 0 bridgehead atoms. The quantitative estimate of drug-likeness (QED) is 0.752. The van der Waals surface area contributed by atoms with Crippen molar-refractivity contribution in [1.82, 2.24) is 4.98 Å². The minimum absolute atomic E-state index is 0.301. The van der Waals surface area contributed by atoms with Gasteiger partial charge in [-0.3, -0.25) is 4.98 Å². The third-order valence-corrected chi connectivity index (χ3v) is 3.58. The molecule has 0 saturated heterocycles. The Hall–Kier alpha value is -2.07. The molecule has 4 heteroatoms. The molecule has 0 aliphatic heterocycles. The Morgan fingerprint density at radius 3 is 2.70 bits per heavy atom. The van der Waals surface area contributed by atoms with Crippen LogP contribution in [0.2, 0.25) is 0 Å². The smallest absolute Gasteiger partial charge is 0.123 e. The second-order valence-corrected chi connectivity index (χ2v) is 5.46. The number of pyridine rings is 1. The van der Waals surface area contributed by atoms with Gasteiger partial charge < -0.3 is 10.4 Å². The summed E-state index contributed by atoms with van der Waals surface area (Å²) in [6.07, 6.45) is 3.60. The summed E-state index contributed by atoms with van der Waals surface area (Å²) in [5.74, 6) is 0.301. The molecular formula is C16H13BrN2O. The minimum Gasteiger partial charge on any atom is -0.507 e. The standard InChI is InChI=1S/C16H13BrN2O/c17-12-7-11(8-18-10-12)9-19-15-5-1-4-14-13(15)3-2-6-16(14)20/h1-8,10,19-20H,9H2. The van der Waals surface area contributed by atoms with Gasteiger partial charge in [0, 0.05) is 39.9 Å². The van der Waals surface area contributed by atoms with E-state index in [1.54, 1.807) is 12.3 Å². The maximum absolute atomic E-state index is 9.87. The zero-order valence-corrected chi connectivity index (χ0v) is 12.3. The van der Waals surface area contributed by atoms with E-state index in [0.29, 0.717) is 12.3 Å². The van der Waals surface area contributed by atoms with E-state index < -0.39 is 0 Å². The summed E-state index contributed by atoms with van der Waals surface area (Å²) >= 11 is 3.41. The first-order valence-electron chi connectivity index (χ1n) is 6.28. The molecular weight excluding hydrogens is 316 g/mol. The van der Waals surface area contributed by atoms with Crippen molar-refractivity contribution < 1.29 is 5.11 Å². The fourth-order valence-electron chi connectivity index (χ4n) is 2.20. The fourth-order valence-corrected chi connectivity index (χ4v) is 2.61. The number of phenols is 1. The number of hydrogen-bond acceptors (Lipinski definition) is 3. The van der Waals surface area contributed by atoms with Crippen molar-refractivity contribution in [2.45, 2.75) is 6.54 Å². The summed E-state index contributed by atoms with van der Waals surface area (Å²) in [6.45, 7) is 0.682. The second-order valence-electron chi connectivity index (χ2n) is 4.54. The first-order valence-corrected chi connectivity index (χ1v) is 7.07. The summed E-state index contributed by atoms with van der Waals surface area (Å²) in [7, 11) is 0. The molecule has 0 aliphatic rings. The molecule has 3 rings (SSSR count). The van der Waals surface area contributed by atoms with Gasteiger partial charge in [0.25, 0.3) is 0 Å². The summed E-state index contributed by atoms with van der Waals surface area (Å²) in [5.41, 5.74) is 2.09. The van der Waals surface area contributed by atoms with Crippen molar-refractivity contribution in [2.75, 3.05) is 5.32 Å². The van der Waals surface area contributed by atoms with Gasteiger partial charge in [-0.05, 0) is 39.7 Å². The number of phenolic OH excluding ortho intramolecular Hbond substituents is 1. The Morgan fingerprint density at radius 1 is 1.05 bits per heavy atom. The van der Waals surface area contributed by atoms with Crippen molar-refractivity contribution in [2.24, 2.45) is 0 Å². The van der Waals surface area contributed by atoms with Gasteiger partial charge in [0.1, 0.15) is 5.75 Å². The van der Waals surface area contributed by atoms with Gasteiger partial charge in [-0.1, -0.05) is 24.3 Å². The highest BCUT2D eigenvalue weighted by Gasteiger charge is 2.04. The number of hydrogen-bond donors (Lipinski definition) is 2. The molecule has 0 spiro atoms. The van der Waals surface area contributed by atoms with Gasteiger partial charge >= 0.3 is 0 Å². The molecule has 0 radical (unpaired) electrons. The Bertz CT molecular complexity index is 758. The number of nitrogens with zero attached hydrogens (tertiary/aromatic N) is 1. The van der Waals surface area contributed by atoms with Gasteiger partial charge in [0.2, 0.25) is 0 Å². The monoisotopic (exact) mass is 328 g/mol. The summed E-state index contributed by atoms with van der Waals surface area (Å²) in [5, 5.41) is 15.1. The fraction of sp³-hybridized carbons (Fsp3) is 0.0625. The lowest BCUT2D eigenvalue weighted by atomic mass is 10.1. The first-order chi connectivity index (χ1) is 9.74. The Kier molecular flexibility index (Phi) is 3.56. The number of rotatable bonds is 3. The van der Waals surface area contributed by atoms with Crippen molar-refractivity contribution in [3.05, 3.63) is 64.9 Å². The lowest BCUT2D eigenvalue weighted by Gasteiger charge is -2.10. The highest BCUT2D eigenvalue weighted by Crippen LogP contribution is 2.30. The van der Waals surface area contributed by atoms with E-state index >= 15 is 0 Å². The van der Waals surface area contributed by atoms with Crippen LogP contribution in [0.1, 0.15) is 5.56 Å². The van der Waals surface area contributed by atoms with Crippen molar-refractivity contribution in [3.8, 4) is 5.75 Å². The average molecular weight is 329 g/mol. The lowest BCUT2D eigenvalue weighted by Crippen LogP contribution is -2.00. The highest BCUT2D eigenvalue weighted by molar-refractivity contribution is 9.10. The van der Waals surface area contributed by atoms with E-state index in [0.717, 1.165) is 26.5 Å². The maximum Gasteiger partial charge on any atom is 0.123 e. The predicted molar refractivity (Wildman–Crippen MR) is 84.9 cm³/mol. The number of aromatic nitrogens is 1. The lowest BCUT2D eigenvalue weighted by molar-refractivity contribution is 0.481. The predicted octanol–water partition coefficient (Wildman–Crippen LogP) is 4.32. The molecule has 3 aromatic rings. The van der Waals surface area contributed by atoms with E-state index in [1.165, 1.54) is 0 Å². The van der Waals surface area contributed by atoms with Gasteiger partial charge in [0.15, 0.2) is 0 Å². The van der Waals surface area contributed by atoms with Crippen molar-refractivity contribution in [3.63, 3.8) is 0 Å². The highest BCUT2D eigenvalue weighted by atomic mass is 79.9. The molecule has 1 heterocycles. The molecule has 100 valence electrons. The molecule has 20 heavy (non-hydrogen) atoms. The summed E-state index contributed by atoms with van der Waals surface area (Å²) in [6, 6.07) is 13.4. The van der Waals surface area contributed by atoms with Crippen LogP contribution in [0.5, 0.6) is 5.75 Å². The van der Waals surface area contributed by atoms with Crippen LogP contribution in [0.25, 0.3) is 10.8 Å². The number of fused-ring (bicyclic) bond motifs is 1. The van der Waals surface area contributed by atoms with E-state index in [-0.39, 0.29) is 0 Å². The third kappa shape index (κ3) is 2.60. The van der Waals surface area contributed by atoms with Crippen LogP contribution in [0.4, 0.5) is 5.69 Å². The molecule has 0 aliphatic carbocycles. The summed E-state index contributed by atoms with van der Waals surface area (Å²) in [4.78, 5) is 4.15. The topological polar surface area (TPSA) is 45.1 Å². The zero-order valence-electron chi connectivity index (χ0n) is 10.7. The van der Waals surface area contributed by atoms with Crippen LogP contribution in [0.3, 0.4) is 0 Å². The Morgan fingerprint density at radius 2 is 1.85 bits per heavy atom. The molecule has 0 fully saturated rings. The Labute approximate surface area is 125 Å². The average Bonchev–Trinajstić information content (AvgIpc) is 2.46. The molecule has 0 atom stereocenters. The number of halogens is 1. The molecule has 2 N–H and O–H groups in total. The van der Waals surface area contributed by atoms with E-state index in [4.69, 9.17) is 0 Å². The third-order valence-electron chi connectivity index (χ3n) is 3.14. The second kappa shape index (κ2) is 5.51. The molecule has 3 nitrogen and oxygen atoms in total. The first kappa shape index (κ1) is 12.9. The maximum atomic E-state index is 9.87. The number of aromatic hydroxyl groups is 1. The van der Waals surface area contributed by atoms with E-state index in [9.17, 15) is 5.11 Å². The van der Waals surface area contributed by atoms with Crippen molar-refractivity contribution in [1.29, 1.82) is 0 Å².